The number of pyridine rings is 1. The van der Waals surface area contributed by atoms with Crippen LogP contribution in [0, 0.1) is 18.3 Å². The second-order valence-corrected chi connectivity index (χ2v) is 4.98. The Balaban J connectivity index is 2.26. The van der Waals surface area contributed by atoms with Crippen LogP contribution in [0.2, 0.25) is 5.15 Å². The Morgan fingerprint density at radius 1 is 1.41 bits per heavy atom. The summed E-state index contributed by atoms with van der Waals surface area (Å²) in [6.07, 6.45) is 0. The summed E-state index contributed by atoms with van der Waals surface area (Å²) >= 11 is 6.02. The minimum Gasteiger partial charge on any atom is -0.268 e. The van der Waals surface area contributed by atoms with Crippen molar-refractivity contribution in [3.63, 3.8) is 0 Å². The van der Waals surface area contributed by atoms with Gasteiger partial charge in [-0.25, -0.2) is 4.98 Å². The Hall–Kier alpha value is -2.58. The fraction of sp³-hybridized carbons (Fsp3) is 0.188. The second kappa shape index (κ2) is 6.92. The summed E-state index contributed by atoms with van der Waals surface area (Å²) in [6.45, 7) is 4.17. The highest BCUT2D eigenvalue weighted by molar-refractivity contribution is 6.30. The topological polar surface area (TPSA) is 69.0 Å². The van der Waals surface area contributed by atoms with Gasteiger partial charge in [0.2, 0.25) is 0 Å². The van der Waals surface area contributed by atoms with Gasteiger partial charge in [0.05, 0.1) is 5.56 Å². The van der Waals surface area contributed by atoms with E-state index in [2.05, 4.69) is 10.4 Å². The van der Waals surface area contributed by atoms with Crippen LogP contribution in [0.15, 0.2) is 36.4 Å². The fourth-order valence-electron chi connectivity index (χ4n) is 1.96. The van der Waals surface area contributed by atoms with Gasteiger partial charge in [0.15, 0.2) is 0 Å². The second-order valence-electron chi connectivity index (χ2n) is 4.63. The van der Waals surface area contributed by atoms with Crippen LogP contribution in [0.3, 0.4) is 0 Å². The number of aromatic nitrogens is 1. The smallest absolute Gasteiger partial charge is 0.268 e. The average molecular weight is 315 g/mol. The molecule has 0 radical (unpaired) electrons. The van der Waals surface area contributed by atoms with Gasteiger partial charge in [-0.1, -0.05) is 29.8 Å². The SMILES string of the molecule is CCN(NC(=O)c1ccccc1)c1cc(C)c(C#N)c(Cl)n1. The summed E-state index contributed by atoms with van der Waals surface area (Å²) in [5.41, 5.74) is 4.39. The molecule has 0 saturated carbocycles. The molecule has 0 fully saturated rings. The zero-order valence-corrected chi connectivity index (χ0v) is 13.1. The lowest BCUT2D eigenvalue weighted by Gasteiger charge is -2.23. The summed E-state index contributed by atoms with van der Waals surface area (Å²) in [7, 11) is 0. The van der Waals surface area contributed by atoms with Gasteiger partial charge in [0.1, 0.15) is 17.0 Å². The lowest BCUT2D eigenvalue weighted by atomic mass is 10.2. The Kier molecular flexibility index (Phi) is 4.97. The molecule has 1 heterocycles. The first-order valence-corrected chi connectivity index (χ1v) is 7.15. The molecular formula is C16H15ClN4O. The molecule has 1 N–H and O–H groups in total. The first kappa shape index (κ1) is 15.8. The van der Waals surface area contributed by atoms with Gasteiger partial charge in [-0.3, -0.25) is 15.2 Å². The molecule has 0 bridgehead atoms. The molecule has 0 saturated heterocycles. The molecule has 5 nitrogen and oxygen atoms in total. The summed E-state index contributed by atoms with van der Waals surface area (Å²) in [5.74, 6) is 0.260. The normalized spacial score (nSPS) is 9.91. The van der Waals surface area contributed by atoms with E-state index in [1.807, 2.05) is 19.1 Å². The number of anilines is 1. The number of hydrogen-bond donors (Lipinski definition) is 1. The number of nitriles is 1. The van der Waals surface area contributed by atoms with Gasteiger partial charge >= 0.3 is 0 Å². The van der Waals surface area contributed by atoms with Crippen LogP contribution in [-0.4, -0.2) is 17.4 Å². The third-order valence-electron chi connectivity index (χ3n) is 3.14. The zero-order chi connectivity index (χ0) is 16.1. The monoisotopic (exact) mass is 314 g/mol. The molecule has 1 aromatic heterocycles. The van der Waals surface area contributed by atoms with Crippen LogP contribution in [-0.2, 0) is 0 Å². The lowest BCUT2D eigenvalue weighted by Crippen LogP contribution is -2.42. The number of nitrogens with one attached hydrogen (secondary N) is 1. The molecule has 1 aromatic carbocycles. The number of amides is 1. The van der Waals surface area contributed by atoms with E-state index in [4.69, 9.17) is 16.9 Å². The number of hydrogen-bond acceptors (Lipinski definition) is 4. The van der Waals surface area contributed by atoms with Crippen molar-refractivity contribution in [3.8, 4) is 6.07 Å². The Morgan fingerprint density at radius 3 is 2.64 bits per heavy atom. The number of nitrogens with zero attached hydrogens (tertiary/aromatic N) is 3. The average Bonchev–Trinajstić information content (AvgIpc) is 2.52. The molecule has 22 heavy (non-hydrogen) atoms. The maximum atomic E-state index is 12.2. The van der Waals surface area contributed by atoms with Gasteiger partial charge < -0.3 is 0 Å². The third-order valence-corrected chi connectivity index (χ3v) is 3.41. The van der Waals surface area contributed by atoms with Gasteiger partial charge in [0.25, 0.3) is 5.91 Å². The molecule has 112 valence electrons. The number of carbonyl (C=O) groups excluding carboxylic acids is 1. The highest BCUT2D eigenvalue weighted by Gasteiger charge is 2.15. The van der Waals surface area contributed by atoms with Crippen LogP contribution in [0.5, 0.6) is 0 Å². The number of aryl methyl sites for hydroxylation is 1. The van der Waals surface area contributed by atoms with Crippen LogP contribution >= 0.6 is 11.6 Å². The van der Waals surface area contributed by atoms with Crippen molar-refractivity contribution in [1.82, 2.24) is 10.4 Å². The summed E-state index contributed by atoms with van der Waals surface area (Å²) in [6, 6.07) is 12.6. The highest BCUT2D eigenvalue weighted by Crippen LogP contribution is 2.22. The fourth-order valence-corrected chi connectivity index (χ4v) is 2.24. The molecule has 1 amide bonds. The third kappa shape index (κ3) is 3.35. The Labute approximate surface area is 134 Å². The standard InChI is InChI=1S/C16H15ClN4O/c1-3-21(20-16(22)12-7-5-4-6-8-12)14-9-11(2)13(10-18)15(17)19-14/h4-9H,3H2,1-2H3,(H,20,22). The molecule has 0 atom stereocenters. The van der Waals surface area contributed by atoms with E-state index in [0.29, 0.717) is 29.1 Å². The summed E-state index contributed by atoms with van der Waals surface area (Å²) in [5, 5.41) is 10.7. The van der Waals surface area contributed by atoms with E-state index < -0.39 is 0 Å². The lowest BCUT2D eigenvalue weighted by molar-refractivity contribution is 0.0949. The number of benzene rings is 1. The molecule has 2 rings (SSSR count). The molecular weight excluding hydrogens is 300 g/mol. The predicted octanol–water partition coefficient (Wildman–Crippen LogP) is 3.09. The van der Waals surface area contributed by atoms with Crippen molar-refractivity contribution >= 4 is 23.3 Å². The van der Waals surface area contributed by atoms with Crippen molar-refractivity contribution in [2.24, 2.45) is 0 Å². The highest BCUT2D eigenvalue weighted by atomic mass is 35.5. The van der Waals surface area contributed by atoms with Crippen LogP contribution < -0.4 is 10.4 Å². The van der Waals surface area contributed by atoms with Crippen LogP contribution in [0.4, 0.5) is 5.82 Å². The van der Waals surface area contributed by atoms with Crippen molar-refractivity contribution in [2.75, 3.05) is 11.6 Å². The van der Waals surface area contributed by atoms with Crippen LogP contribution in [0.1, 0.15) is 28.4 Å². The van der Waals surface area contributed by atoms with Crippen molar-refractivity contribution < 1.29 is 4.79 Å². The number of hydrazine groups is 1. The van der Waals surface area contributed by atoms with E-state index in [-0.39, 0.29) is 11.1 Å². The van der Waals surface area contributed by atoms with E-state index in [0.717, 1.165) is 0 Å². The Morgan fingerprint density at radius 2 is 2.09 bits per heavy atom. The summed E-state index contributed by atoms with van der Waals surface area (Å²) < 4.78 is 0. The largest absolute Gasteiger partial charge is 0.269 e. The minimum atomic E-state index is -0.234. The number of carbonyl (C=O) groups is 1. The van der Waals surface area contributed by atoms with E-state index in [9.17, 15) is 4.79 Å². The molecule has 6 heteroatoms. The van der Waals surface area contributed by atoms with Gasteiger partial charge in [-0.2, -0.15) is 5.26 Å². The first-order chi connectivity index (χ1) is 10.6. The van der Waals surface area contributed by atoms with Crippen LogP contribution in [0.25, 0.3) is 0 Å². The van der Waals surface area contributed by atoms with E-state index in [1.54, 1.807) is 42.3 Å². The van der Waals surface area contributed by atoms with Gasteiger partial charge in [-0.05, 0) is 37.6 Å². The number of halogens is 1. The maximum Gasteiger partial charge on any atom is 0.269 e. The van der Waals surface area contributed by atoms with Gasteiger partial charge in [-0.15, -0.1) is 0 Å². The first-order valence-electron chi connectivity index (χ1n) is 6.77. The Bertz CT molecular complexity index is 702. The van der Waals surface area contributed by atoms with Gasteiger partial charge in [0, 0.05) is 12.1 Å². The maximum absolute atomic E-state index is 12.2. The molecule has 0 aliphatic carbocycles. The molecule has 0 aliphatic heterocycles. The molecule has 0 spiro atoms. The van der Waals surface area contributed by atoms with E-state index >= 15 is 0 Å². The van der Waals surface area contributed by atoms with Crippen molar-refractivity contribution in [2.45, 2.75) is 13.8 Å². The summed E-state index contributed by atoms with van der Waals surface area (Å²) in [4.78, 5) is 16.4. The van der Waals surface area contributed by atoms with Crippen molar-refractivity contribution in [1.29, 1.82) is 5.26 Å². The molecule has 0 unspecified atom stereocenters. The quantitative estimate of drug-likeness (QED) is 0.695. The predicted molar refractivity (Wildman–Crippen MR) is 85.6 cm³/mol. The van der Waals surface area contributed by atoms with E-state index in [1.165, 1.54) is 0 Å². The molecule has 0 aliphatic rings. The van der Waals surface area contributed by atoms with Crippen molar-refractivity contribution in [3.05, 3.63) is 58.2 Å². The zero-order valence-electron chi connectivity index (χ0n) is 12.3. The minimum absolute atomic E-state index is 0.130. The molecule has 2 aromatic rings. The number of rotatable bonds is 4.